The minimum Gasteiger partial charge on any atom is -0.377 e. The Hall–Kier alpha value is -1.19. The Bertz CT molecular complexity index is 427. The number of aryl methyl sites for hydroxylation is 1. The maximum absolute atomic E-state index is 12.3. The van der Waals surface area contributed by atoms with Crippen molar-refractivity contribution in [3.8, 4) is 0 Å². The number of Topliss-reactive ketones (excluding diaryl/α,β-unsaturated/α-hetero) is 1. The Kier molecular flexibility index (Phi) is 5.74. The fraction of sp³-hybridized carbons (Fsp3) is 0.588. The third-order valence-corrected chi connectivity index (χ3v) is 3.76. The molecule has 0 amide bonds. The van der Waals surface area contributed by atoms with Crippen molar-refractivity contribution in [3.05, 3.63) is 35.4 Å². The number of likely N-dealkylation sites (tertiary alicyclic amines) is 1. The molecule has 1 aromatic carbocycles. The Morgan fingerprint density at radius 2 is 2.10 bits per heavy atom. The molecule has 0 N–H and O–H groups in total. The molecule has 1 aromatic rings. The molecule has 0 bridgehead atoms. The number of hydrogen-bond donors (Lipinski definition) is 0. The zero-order valence-corrected chi connectivity index (χ0v) is 12.6. The van der Waals surface area contributed by atoms with Crippen LogP contribution in [0.4, 0.5) is 0 Å². The molecule has 1 heterocycles. The Balaban J connectivity index is 1.85. The van der Waals surface area contributed by atoms with Gasteiger partial charge in [-0.15, -0.1) is 0 Å². The van der Waals surface area contributed by atoms with Gasteiger partial charge in [0.15, 0.2) is 5.78 Å². The van der Waals surface area contributed by atoms with Crippen LogP contribution in [-0.2, 0) is 4.74 Å². The molecule has 1 saturated heterocycles. The van der Waals surface area contributed by atoms with Crippen LogP contribution in [0.1, 0.15) is 42.1 Å². The first kappa shape index (κ1) is 15.2. The summed E-state index contributed by atoms with van der Waals surface area (Å²) in [5.41, 5.74) is 2.00. The lowest BCUT2D eigenvalue weighted by atomic mass is 10.1. The molecule has 3 heteroatoms. The van der Waals surface area contributed by atoms with Crippen LogP contribution >= 0.6 is 0 Å². The smallest absolute Gasteiger partial charge is 0.176 e. The van der Waals surface area contributed by atoms with Gasteiger partial charge in [0.05, 0.1) is 12.6 Å². The molecule has 0 aliphatic carbocycles. The number of carbonyl (C=O) groups excluding carboxylic acids is 1. The molecule has 1 aliphatic heterocycles. The van der Waals surface area contributed by atoms with Crippen molar-refractivity contribution in [2.24, 2.45) is 0 Å². The highest BCUT2D eigenvalue weighted by Gasteiger charge is 2.22. The first-order chi connectivity index (χ1) is 9.69. The molecule has 3 nitrogen and oxygen atoms in total. The zero-order valence-electron chi connectivity index (χ0n) is 12.6. The molecule has 1 aliphatic rings. The molecule has 0 radical (unpaired) electrons. The van der Waals surface area contributed by atoms with Crippen LogP contribution in [0.2, 0.25) is 0 Å². The van der Waals surface area contributed by atoms with E-state index in [1.54, 1.807) is 0 Å². The van der Waals surface area contributed by atoms with Gasteiger partial charge in [-0.3, -0.25) is 9.69 Å². The topological polar surface area (TPSA) is 29.5 Å². The number of ketones is 1. The molecule has 0 saturated carbocycles. The van der Waals surface area contributed by atoms with Crippen LogP contribution < -0.4 is 0 Å². The van der Waals surface area contributed by atoms with Crippen molar-refractivity contribution in [2.75, 3.05) is 26.2 Å². The van der Waals surface area contributed by atoms with E-state index >= 15 is 0 Å². The summed E-state index contributed by atoms with van der Waals surface area (Å²) in [6, 6.07) is 7.84. The van der Waals surface area contributed by atoms with Gasteiger partial charge >= 0.3 is 0 Å². The summed E-state index contributed by atoms with van der Waals surface area (Å²) in [4.78, 5) is 14.5. The van der Waals surface area contributed by atoms with Crippen molar-refractivity contribution >= 4 is 5.78 Å². The van der Waals surface area contributed by atoms with E-state index in [1.165, 1.54) is 5.56 Å². The maximum atomic E-state index is 12.3. The largest absolute Gasteiger partial charge is 0.377 e. The van der Waals surface area contributed by atoms with Crippen molar-refractivity contribution in [1.82, 2.24) is 4.90 Å². The van der Waals surface area contributed by atoms with Gasteiger partial charge in [-0.1, -0.05) is 36.8 Å². The van der Waals surface area contributed by atoms with Crippen molar-refractivity contribution in [1.29, 1.82) is 0 Å². The third kappa shape index (κ3) is 4.43. The third-order valence-electron chi connectivity index (χ3n) is 3.76. The van der Waals surface area contributed by atoms with Gasteiger partial charge in [0.2, 0.25) is 0 Å². The summed E-state index contributed by atoms with van der Waals surface area (Å²) < 4.78 is 5.81. The second-order valence-electron chi connectivity index (χ2n) is 5.66. The SMILES string of the molecule is CCCOC1CCCN(CC(=O)c2ccc(C)cc2)C1. The summed E-state index contributed by atoms with van der Waals surface area (Å²) in [6.07, 6.45) is 3.60. The van der Waals surface area contributed by atoms with Gasteiger partial charge < -0.3 is 4.74 Å². The molecule has 20 heavy (non-hydrogen) atoms. The van der Waals surface area contributed by atoms with Gasteiger partial charge in [-0.05, 0) is 32.7 Å². The highest BCUT2D eigenvalue weighted by Crippen LogP contribution is 2.14. The first-order valence-corrected chi connectivity index (χ1v) is 7.63. The van der Waals surface area contributed by atoms with Crippen LogP contribution in [0.3, 0.4) is 0 Å². The maximum Gasteiger partial charge on any atom is 0.176 e. The van der Waals surface area contributed by atoms with E-state index in [2.05, 4.69) is 11.8 Å². The van der Waals surface area contributed by atoms with E-state index in [4.69, 9.17) is 4.74 Å². The van der Waals surface area contributed by atoms with Gasteiger partial charge in [-0.2, -0.15) is 0 Å². The second-order valence-corrected chi connectivity index (χ2v) is 5.66. The molecule has 1 atom stereocenters. The summed E-state index contributed by atoms with van der Waals surface area (Å²) in [5.74, 6) is 0.209. The molecule has 2 rings (SSSR count). The Morgan fingerprint density at radius 3 is 2.80 bits per heavy atom. The van der Waals surface area contributed by atoms with E-state index in [-0.39, 0.29) is 5.78 Å². The van der Waals surface area contributed by atoms with Crippen molar-refractivity contribution in [3.63, 3.8) is 0 Å². The predicted octanol–water partition coefficient (Wildman–Crippen LogP) is 3.07. The van der Waals surface area contributed by atoms with Crippen molar-refractivity contribution in [2.45, 2.75) is 39.2 Å². The Labute approximate surface area is 121 Å². The average molecular weight is 275 g/mol. The van der Waals surface area contributed by atoms with E-state index in [0.717, 1.165) is 44.5 Å². The van der Waals surface area contributed by atoms with Crippen LogP contribution in [0, 0.1) is 6.92 Å². The molecular weight excluding hydrogens is 250 g/mol. The van der Waals surface area contributed by atoms with E-state index in [0.29, 0.717) is 12.6 Å². The molecule has 1 unspecified atom stereocenters. The second kappa shape index (κ2) is 7.55. The fourth-order valence-electron chi connectivity index (χ4n) is 2.61. The number of piperidine rings is 1. The number of nitrogens with zero attached hydrogens (tertiary/aromatic N) is 1. The quantitative estimate of drug-likeness (QED) is 0.747. The number of hydrogen-bond acceptors (Lipinski definition) is 3. The van der Waals surface area contributed by atoms with E-state index in [9.17, 15) is 4.79 Å². The highest BCUT2D eigenvalue weighted by atomic mass is 16.5. The van der Waals surface area contributed by atoms with Crippen LogP contribution in [-0.4, -0.2) is 43.0 Å². The van der Waals surface area contributed by atoms with E-state index in [1.807, 2.05) is 31.2 Å². The lowest BCUT2D eigenvalue weighted by molar-refractivity contribution is 0.00131. The van der Waals surface area contributed by atoms with Crippen LogP contribution in [0.5, 0.6) is 0 Å². The average Bonchev–Trinajstić information content (AvgIpc) is 2.46. The standard InChI is InChI=1S/C17H25NO2/c1-3-11-20-16-5-4-10-18(12-16)13-17(19)15-8-6-14(2)7-9-15/h6-9,16H,3-5,10-13H2,1-2H3. The summed E-state index contributed by atoms with van der Waals surface area (Å²) in [6.45, 7) is 7.39. The predicted molar refractivity (Wildman–Crippen MR) is 81.2 cm³/mol. The molecular formula is C17H25NO2. The lowest BCUT2D eigenvalue weighted by Gasteiger charge is -2.32. The highest BCUT2D eigenvalue weighted by molar-refractivity contribution is 5.97. The lowest BCUT2D eigenvalue weighted by Crippen LogP contribution is -2.42. The number of benzene rings is 1. The number of ether oxygens (including phenoxy) is 1. The fourth-order valence-corrected chi connectivity index (χ4v) is 2.61. The minimum atomic E-state index is 0.209. The molecule has 0 aromatic heterocycles. The normalized spacial score (nSPS) is 20.0. The minimum absolute atomic E-state index is 0.209. The summed E-state index contributed by atoms with van der Waals surface area (Å²) in [5, 5.41) is 0. The first-order valence-electron chi connectivity index (χ1n) is 7.63. The van der Waals surface area contributed by atoms with Gasteiger partial charge in [0.25, 0.3) is 0 Å². The summed E-state index contributed by atoms with van der Waals surface area (Å²) in [7, 11) is 0. The van der Waals surface area contributed by atoms with E-state index < -0.39 is 0 Å². The number of carbonyl (C=O) groups is 1. The van der Waals surface area contributed by atoms with Crippen molar-refractivity contribution < 1.29 is 9.53 Å². The molecule has 1 fully saturated rings. The molecule has 0 spiro atoms. The summed E-state index contributed by atoms with van der Waals surface area (Å²) >= 11 is 0. The van der Waals surface area contributed by atoms with Gasteiger partial charge in [0, 0.05) is 18.7 Å². The number of rotatable bonds is 6. The van der Waals surface area contributed by atoms with Gasteiger partial charge in [0.1, 0.15) is 0 Å². The monoisotopic (exact) mass is 275 g/mol. The van der Waals surface area contributed by atoms with Crippen LogP contribution in [0.25, 0.3) is 0 Å². The molecule has 110 valence electrons. The zero-order chi connectivity index (χ0) is 14.4. The van der Waals surface area contributed by atoms with Crippen LogP contribution in [0.15, 0.2) is 24.3 Å². The Morgan fingerprint density at radius 1 is 1.35 bits per heavy atom. The van der Waals surface area contributed by atoms with Gasteiger partial charge in [-0.25, -0.2) is 0 Å².